The summed E-state index contributed by atoms with van der Waals surface area (Å²) in [6.45, 7) is 1.98. The van der Waals surface area contributed by atoms with Crippen molar-refractivity contribution in [2.24, 2.45) is 7.05 Å². The van der Waals surface area contributed by atoms with Gasteiger partial charge >= 0.3 is 6.03 Å². The maximum absolute atomic E-state index is 12.8. The molecule has 0 unspecified atom stereocenters. The predicted molar refractivity (Wildman–Crippen MR) is 118 cm³/mol. The maximum Gasteiger partial charge on any atom is 0.333 e. The number of rotatable bonds is 4. The molecule has 0 fully saturated rings. The van der Waals surface area contributed by atoms with E-state index >= 15 is 0 Å². The molecule has 11 heteroatoms. The monoisotopic (exact) mass is 451 g/mol. The van der Waals surface area contributed by atoms with Gasteiger partial charge in [-0.05, 0) is 61.1 Å². The minimum Gasteiger partial charge on any atom is -0.306 e. The van der Waals surface area contributed by atoms with Crippen molar-refractivity contribution in [3.63, 3.8) is 0 Å². The number of anilines is 1. The molecule has 0 spiro atoms. The van der Waals surface area contributed by atoms with E-state index in [1.807, 2.05) is 25.3 Å². The fourth-order valence-electron chi connectivity index (χ4n) is 4.22. The third-order valence-corrected chi connectivity index (χ3v) is 6.81. The summed E-state index contributed by atoms with van der Waals surface area (Å²) in [6.07, 6.45) is 7.52. The number of carbonyl (C=O) groups excluding carboxylic acids is 1. The largest absolute Gasteiger partial charge is 0.333 e. The zero-order chi connectivity index (χ0) is 22.5. The molecule has 0 atom stereocenters. The Morgan fingerprint density at radius 2 is 2.03 bits per heavy atom. The van der Waals surface area contributed by atoms with Crippen LogP contribution in [-0.2, 0) is 29.9 Å². The average Bonchev–Trinajstić information content (AvgIpc) is 3.47. The first-order chi connectivity index (χ1) is 15.3. The first kappa shape index (κ1) is 20.2. The summed E-state index contributed by atoms with van der Waals surface area (Å²) in [5.41, 5.74) is 6.16. The van der Waals surface area contributed by atoms with Gasteiger partial charge in [0.2, 0.25) is 0 Å². The summed E-state index contributed by atoms with van der Waals surface area (Å²) in [6, 6.07) is 6.40. The van der Waals surface area contributed by atoms with Crippen molar-refractivity contribution in [3.8, 4) is 11.1 Å². The van der Waals surface area contributed by atoms with Crippen LogP contribution in [0.5, 0.6) is 0 Å². The van der Waals surface area contributed by atoms with E-state index in [4.69, 9.17) is 0 Å². The molecule has 0 aliphatic heterocycles. The van der Waals surface area contributed by atoms with Gasteiger partial charge in [-0.15, -0.1) is 0 Å². The third kappa shape index (κ3) is 3.50. The predicted octanol–water partition coefficient (Wildman–Crippen LogP) is 2.44. The molecule has 32 heavy (non-hydrogen) atoms. The molecule has 5 rings (SSSR count). The first-order valence-electron chi connectivity index (χ1n) is 10.1. The number of benzene rings is 1. The van der Waals surface area contributed by atoms with Crippen molar-refractivity contribution >= 4 is 27.4 Å². The fourth-order valence-corrected chi connectivity index (χ4v) is 5.09. The summed E-state index contributed by atoms with van der Waals surface area (Å²) in [5, 5.41) is 10.7. The van der Waals surface area contributed by atoms with Crippen molar-refractivity contribution in [2.75, 3.05) is 5.32 Å². The lowest BCUT2D eigenvalue weighted by molar-refractivity contribution is 0.256. The van der Waals surface area contributed by atoms with Crippen LogP contribution < -0.4 is 10.0 Å². The Morgan fingerprint density at radius 1 is 1.19 bits per heavy atom. The zero-order valence-corrected chi connectivity index (χ0v) is 18.3. The van der Waals surface area contributed by atoms with Crippen molar-refractivity contribution in [3.05, 3.63) is 59.7 Å². The van der Waals surface area contributed by atoms with Crippen LogP contribution in [0.2, 0.25) is 0 Å². The van der Waals surface area contributed by atoms with Crippen LogP contribution in [0.15, 0.2) is 48.0 Å². The molecule has 3 heterocycles. The second kappa shape index (κ2) is 7.45. The maximum atomic E-state index is 12.8. The van der Waals surface area contributed by atoms with Crippen LogP contribution in [-0.4, -0.2) is 38.8 Å². The molecule has 4 aromatic rings. The van der Waals surface area contributed by atoms with Crippen LogP contribution in [0.1, 0.15) is 23.1 Å². The van der Waals surface area contributed by atoms with E-state index in [1.54, 1.807) is 11.6 Å². The number of nitrogens with one attached hydrogen (secondary N) is 2. The van der Waals surface area contributed by atoms with Crippen LogP contribution in [0.4, 0.5) is 10.5 Å². The molecular weight excluding hydrogens is 430 g/mol. The van der Waals surface area contributed by atoms with E-state index in [-0.39, 0.29) is 5.03 Å². The average molecular weight is 452 g/mol. The highest BCUT2D eigenvalue weighted by Gasteiger charge is 2.25. The van der Waals surface area contributed by atoms with E-state index < -0.39 is 16.1 Å². The minimum atomic E-state index is -4.10. The topological polar surface area (TPSA) is 123 Å². The number of sulfonamides is 1. The van der Waals surface area contributed by atoms with E-state index in [0.29, 0.717) is 11.3 Å². The Bertz CT molecular complexity index is 1470. The molecule has 3 aromatic heterocycles. The molecule has 10 nitrogen and oxygen atoms in total. The molecule has 0 saturated carbocycles. The van der Waals surface area contributed by atoms with Crippen LogP contribution in [0.25, 0.3) is 16.8 Å². The lowest BCUT2D eigenvalue weighted by Gasteiger charge is -2.19. The number of urea groups is 1. The molecule has 1 aliphatic rings. The molecule has 2 N–H and O–H groups in total. The second-order valence-corrected chi connectivity index (χ2v) is 9.43. The van der Waals surface area contributed by atoms with Gasteiger partial charge in [-0.25, -0.2) is 19.0 Å². The van der Waals surface area contributed by atoms with Gasteiger partial charge in [0.25, 0.3) is 10.0 Å². The number of aromatic nitrogens is 5. The number of amides is 2. The number of nitrogens with zero attached hydrogens (tertiary/aromatic N) is 5. The Kier molecular flexibility index (Phi) is 4.70. The van der Waals surface area contributed by atoms with Gasteiger partial charge in [-0.1, -0.05) is 6.07 Å². The zero-order valence-electron chi connectivity index (χ0n) is 17.5. The quantitative estimate of drug-likeness (QED) is 0.491. The molecule has 1 aliphatic carbocycles. The molecule has 1 aromatic carbocycles. The summed E-state index contributed by atoms with van der Waals surface area (Å²) >= 11 is 0. The number of carbonyl (C=O) groups is 1. The van der Waals surface area contributed by atoms with Crippen molar-refractivity contribution < 1.29 is 13.2 Å². The minimum absolute atomic E-state index is 0.221. The lowest BCUT2D eigenvalue weighted by atomic mass is 9.93. The standard InChI is InChI=1S/C21H21N7O3S/c1-13-10-14-4-3-5-16(14)20(19(13)15-6-7-17-22-12-23-28(17)11-15)24-21(29)26-32(30,31)18-8-9-27(2)25-18/h6-12H,3-5H2,1-2H3,(H2,24,26,29). The Morgan fingerprint density at radius 3 is 2.81 bits per heavy atom. The highest BCUT2D eigenvalue weighted by molar-refractivity contribution is 7.90. The van der Waals surface area contributed by atoms with Crippen LogP contribution in [0, 0.1) is 6.92 Å². The Hall–Kier alpha value is -3.73. The summed E-state index contributed by atoms with van der Waals surface area (Å²) in [5.74, 6) is 0. The van der Waals surface area contributed by atoms with E-state index in [0.717, 1.165) is 47.1 Å². The highest BCUT2D eigenvalue weighted by atomic mass is 32.2. The number of hydrogen-bond donors (Lipinski definition) is 2. The van der Waals surface area contributed by atoms with Crippen molar-refractivity contribution in [2.45, 2.75) is 31.2 Å². The van der Waals surface area contributed by atoms with E-state index in [2.05, 4.69) is 31.3 Å². The van der Waals surface area contributed by atoms with E-state index in [9.17, 15) is 13.2 Å². The normalized spacial score (nSPS) is 13.3. The second-order valence-electron chi connectivity index (χ2n) is 7.80. The third-order valence-electron chi connectivity index (χ3n) is 5.59. The van der Waals surface area contributed by atoms with Crippen LogP contribution >= 0.6 is 0 Å². The van der Waals surface area contributed by atoms with Gasteiger partial charge in [-0.2, -0.15) is 18.6 Å². The first-order valence-corrected chi connectivity index (χ1v) is 11.6. The van der Waals surface area contributed by atoms with Gasteiger partial charge < -0.3 is 5.32 Å². The van der Waals surface area contributed by atoms with Gasteiger partial charge in [0.15, 0.2) is 10.7 Å². The summed E-state index contributed by atoms with van der Waals surface area (Å²) < 4.78 is 30.2. The van der Waals surface area contributed by atoms with Crippen molar-refractivity contribution in [1.29, 1.82) is 0 Å². The molecule has 164 valence electrons. The van der Waals surface area contributed by atoms with E-state index in [1.165, 1.54) is 23.3 Å². The van der Waals surface area contributed by atoms with Crippen molar-refractivity contribution in [1.82, 2.24) is 29.1 Å². The van der Waals surface area contributed by atoms with Gasteiger partial charge in [0.1, 0.15) is 6.33 Å². The van der Waals surface area contributed by atoms with Gasteiger partial charge in [-0.3, -0.25) is 4.68 Å². The van der Waals surface area contributed by atoms with Gasteiger partial charge in [0.05, 0.1) is 5.69 Å². The molecule has 0 radical (unpaired) electrons. The smallest absolute Gasteiger partial charge is 0.306 e. The Labute approximate surface area is 184 Å². The lowest BCUT2D eigenvalue weighted by Crippen LogP contribution is -2.35. The van der Waals surface area contributed by atoms with Crippen LogP contribution in [0.3, 0.4) is 0 Å². The molecule has 0 bridgehead atoms. The molecule has 2 amide bonds. The number of hydrogen-bond acceptors (Lipinski definition) is 6. The fraction of sp³-hybridized carbons (Fsp3) is 0.238. The summed E-state index contributed by atoms with van der Waals surface area (Å²) in [4.78, 5) is 17.0. The molecule has 0 saturated heterocycles. The summed E-state index contributed by atoms with van der Waals surface area (Å²) in [7, 11) is -2.49. The molecular formula is C21H21N7O3S. The Balaban J connectivity index is 1.55. The number of pyridine rings is 1. The van der Waals surface area contributed by atoms with Gasteiger partial charge in [0, 0.05) is 30.6 Å². The number of aryl methyl sites for hydroxylation is 3. The highest BCUT2D eigenvalue weighted by Crippen LogP contribution is 2.40. The SMILES string of the molecule is Cc1cc2c(c(NC(=O)NS(=O)(=O)c3ccn(C)n3)c1-c1ccc3ncnn3c1)CCC2. The number of fused-ring (bicyclic) bond motifs is 2.